The largest absolute Gasteiger partial charge is 0.390 e. The molecule has 0 aromatic heterocycles. The number of alkyl halides is 2. The van der Waals surface area contributed by atoms with Gasteiger partial charge in [-0.2, -0.15) is 5.26 Å². The fraction of sp³-hybridized carbons (Fsp3) is 0.300. The molecule has 86 valence electrons. The molecule has 0 fully saturated rings. The number of aliphatic hydroxyl groups excluding tert-OH is 1. The molecule has 0 amide bonds. The Balaban J connectivity index is 2.73. The maximum absolute atomic E-state index is 12.7. The summed E-state index contributed by atoms with van der Waals surface area (Å²) in [5, 5.41) is 19.5. The number of hydrogen-bond acceptors (Lipinski definition) is 3. The normalized spacial score (nSPS) is 10.9. The van der Waals surface area contributed by atoms with E-state index in [2.05, 4.69) is 21.2 Å². The van der Waals surface area contributed by atoms with E-state index in [0.29, 0.717) is 15.7 Å². The summed E-state index contributed by atoms with van der Waals surface area (Å²) in [7, 11) is 0. The second-order valence-electron chi connectivity index (χ2n) is 3.17. The van der Waals surface area contributed by atoms with Gasteiger partial charge in [0.1, 0.15) is 6.61 Å². The Kier molecular flexibility index (Phi) is 4.21. The zero-order valence-electron chi connectivity index (χ0n) is 8.17. The summed E-state index contributed by atoms with van der Waals surface area (Å²) in [5.41, 5.74) is 0.887. The molecule has 3 nitrogen and oxygen atoms in total. The number of benzene rings is 1. The van der Waals surface area contributed by atoms with Crippen molar-refractivity contribution in [2.24, 2.45) is 0 Å². The zero-order chi connectivity index (χ0) is 12.2. The van der Waals surface area contributed by atoms with Crippen LogP contribution >= 0.6 is 15.9 Å². The average molecular weight is 291 g/mol. The van der Waals surface area contributed by atoms with Crippen LogP contribution in [0.15, 0.2) is 22.7 Å². The van der Waals surface area contributed by atoms with Gasteiger partial charge in [-0.3, -0.25) is 0 Å². The number of hydrogen-bond donors (Lipinski definition) is 2. The third kappa shape index (κ3) is 3.43. The van der Waals surface area contributed by atoms with Crippen molar-refractivity contribution in [1.29, 1.82) is 5.26 Å². The molecule has 16 heavy (non-hydrogen) atoms. The minimum atomic E-state index is -3.16. The van der Waals surface area contributed by atoms with Crippen LogP contribution in [0.5, 0.6) is 0 Å². The van der Waals surface area contributed by atoms with Crippen molar-refractivity contribution in [2.45, 2.75) is 5.92 Å². The topological polar surface area (TPSA) is 56.0 Å². The summed E-state index contributed by atoms with van der Waals surface area (Å²) < 4.78 is 26.0. The number of nitriles is 1. The number of rotatable bonds is 4. The van der Waals surface area contributed by atoms with Gasteiger partial charge in [0.25, 0.3) is 5.92 Å². The molecule has 1 rings (SSSR count). The Labute approximate surface area is 99.8 Å². The second-order valence-corrected chi connectivity index (χ2v) is 4.03. The van der Waals surface area contributed by atoms with Crippen molar-refractivity contribution in [2.75, 3.05) is 18.5 Å². The van der Waals surface area contributed by atoms with Crippen molar-refractivity contribution < 1.29 is 13.9 Å². The van der Waals surface area contributed by atoms with Gasteiger partial charge in [0, 0.05) is 10.2 Å². The van der Waals surface area contributed by atoms with E-state index < -0.39 is 19.1 Å². The molecule has 2 N–H and O–H groups in total. The quantitative estimate of drug-likeness (QED) is 0.895. The highest BCUT2D eigenvalue weighted by atomic mass is 79.9. The molecule has 0 heterocycles. The van der Waals surface area contributed by atoms with Gasteiger partial charge in [-0.25, -0.2) is 8.78 Å². The minimum Gasteiger partial charge on any atom is -0.390 e. The fourth-order valence-electron chi connectivity index (χ4n) is 1.01. The standard InChI is InChI=1S/C10H9BrF2N2O/c11-8-3-7(4-14)1-2-9(8)15-5-10(12,13)6-16/h1-3,15-16H,5-6H2. The Morgan fingerprint density at radius 2 is 2.19 bits per heavy atom. The van der Waals surface area contributed by atoms with E-state index in [1.807, 2.05) is 6.07 Å². The third-order valence-corrected chi connectivity index (χ3v) is 2.52. The van der Waals surface area contributed by atoms with Crippen molar-refractivity contribution in [3.63, 3.8) is 0 Å². The first-order valence-electron chi connectivity index (χ1n) is 4.41. The van der Waals surface area contributed by atoms with E-state index in [4.69, 9.17) is 10.4 Å². The number of halogens is 3. The highest BCUT2D eigenvalue weighted by Gasteiger charge is 2.27. The lowest BCUT2D eigenvalue weighted by atomic mass is 10.2. The molecule has 0 saturated carbocycles. The first-order valence-corrected chi connectivity index (χ1v) is 5.20. The minimum absolute atomic E-state index is 0.436. The van der Waals surface area contributed by atoms with E-state index in [1.165, 1.54) is 18.2 Å². The smallest absolute Gasteiger partial charge is 0.287 e. The van der Waals surface area contributed by atoms with Crippen LogP contribution in [-0.4, -0.2) is 24.2 Å². The van der Waals surface area contributed by atoms with Gasteiger partial charge in [0.15, 0.2) is 0 Å². The average Bonchev–Trinajstić information content (AvgIpc) is 2.27. The van der Waals surface area contributed by atoms with Crippen LogP contribution in [-0.2, 0) is 0 Å². The fourth-order valence-corrected chi connectivity index (χ4v) is 1.53. The summed E-state index contributed by atoms with van der Waals surface area (Å²) in [5.74, 6) is -3.16. The molecule has 0 aliphatic carbocycles. The summed E-state index contributed by atoms with van der Waals surface area (Å²) in [6, 6.07) is 6.50. The lowest BCUT2D eigenvalue weighted by Gasteiger charge is -2.15. The Morgan fingerprint density at radius 1 is 1.50 bits per heavy atom. The van der Waals surface area contributed by atoms with E-state index >= 15 is 0 Å². The van der Waals surface area contributed by atoms with Gasteiger partial charge >= 0.3 is 0 Å². The summed E-state index contributed by atoms with van der Waals surface area (Å²) in [6.45, 7) is -1.86. The van der Waals surface area contributed by atoms with Crippen LogP contribution < -0.4 is 5.32 Å². The van der Waals surface area contributed by atoms with Crippen LogP contribution in [0.3, 0.4) is 0 Å². The molecule has 0 unspecified atom stereocenters. The van der Waals surface area contributed by atoms with Gasteiger partial charge in [0.05, 0.1) is 18.2 Å². The SMILES string of the molecule is N#Cc1ccc(NCC(F)(F)CO)c(Br)c1. The molecular weight excluding hydrogens is 282 g/mol. The first kappa shape index (κ1) is 12.9. The van der Waals surface area contributed by atoms with Gasteiger partial charge in [0.2, 0.25) is 0 Å². The van der Waals surface area contributed by atoms with E-state index in [-0.39, 0.29) is 0 Å². The van der Waals surface area contributed by atoms with Crippen LogP contribution in [0, 0.1) is 11.3 Å². The molecular formula is C10H9BrF2N2O. The van der Waals surface area contributed by atoms with E-state index in [0.717, 1.165) is 0 Å². The van der Waals surface area contributed by atoms with Gasteiger partial charge < -0.3 is 10.4 Å². The number of aliphatic hydroxyl groups is 1. The van der Waals surface area contributed by atoms with E-state index in [9.17, 15) is 8.78 Å². The molecule has 6 heteroatoms. The molecule has 0 atom stereocenters. The van der Waals surface area contributed by atoms with Crippen LogP contribution in [0.25, 0.3) is 0 Å². The summed E-state index contributed by atoms with van der Waals surface area (Å²) in [4.78, 5) is 0. The molecule has 0 aliphatic heterocycles. The number of nitrogens with zero attached hydrogens (tertiary/aromatic N) is 1. The van der Waals surface area contributed by atoms with Crippen LogP contribution in [0.2, 0.25) is 0 Å². The number of anilines is 1. The molecule has 1 aromatic carbocycles. The molecule has 0 spiro atoms. The third-order valence-electron chi connectivity index (χ3n) is 1.87. The highest BCUT2D eigenvalue weighted by molar-refractivity contribution is 9.10. The van der Waals surface area contributed by atoms with Gasteiger partial charge in [-0.05, 0) is 34.1 Å². The van der Waals surface area contributed by atoms with E-state index in [1.54, 1.807) is 0 Å². The van der Waals surface area contributed by atoms with Gasteiger partial charge in [-0.1, -0.05) is 0 Å². The van der Waals surface area contributed by atoms with Crippen LogP contribution in [0.4, 0.5) is 14.5 Å². The predicted octanol–water partition coefficient (Wildman–Crippen LogP) is 2.36. The maximum Gasteiger partial charge on any atom is 0.287 e. The molecule has 0 saturated heterocycles. The summed E-state index contributed by atoms with van der Waals surface area (Å²) >= 11 is 3.16. The molecule has 0 aliphatic rings. The Hall–Kier alpha value is -1.19. The first-order chi connectivity index (χ1) is 7.48. The molecule has 0 radical (unpaired) electrons. The monoisotopic (exact) mass is 290 g/mol. The van der Waals surface area contributed by atoms with Crippen molar-refractivity contribution >= 4 is 21.6 Å². The van der Waals surface area contributed by atoms with Crippen molar-refractivity contribution in [1.82, 2.24) is 0 Å². The lowest BCUT2D eigenvalue weighted by molar-refractivity contribution is -0.0372. The number of nitrogens with one attached hydrogen (secondary N) is 1. The predicted molar refractivity (Wildman–Crippen MR) is 59.4 cm³/mol. The Bertz CT molecular complexity index is 418. The maximum atomic E-state index is 12.7. The molecule has 1 aromatic rings. The summed E-state index contributed by atoms with van der Waals surface area (Å²) in [6.07, 6.45) is 0. The van der Waals surface area contributed by atoms with Crippen LogP contribution in [0.1, 0.15) is 5.56 Å². The zero-order valence-corrected chi connectivity index (χ0v) is 9.76. The van der Waals surface area contributed by atoms with Crippen molar-refractivity contribution in [3.8, 4) is 6.07 Å². The second kappa shape index (κ2) is 5.23. The lowest BCUT2D eigenvalue weighted by Crippen LogP contribution is -2.31. The van der Waals surface area contributed by atoms with Crippen molar-refractivity contribution in [3.05, 3.63) is 28.2 Å². The Morgan fingerprint density at radius 3 is 2.69 bits per heavy atom. The highest BCUT2D eigenvalue weighted by Crippen LogP contribution is 2.24. The molecule has 0 bridgehead atoms. The van der Waals surface area contributed by atoms with Gasteiger partial charge in [-0.15, -0.1) is 0 Å².